The van der Waals surface area contributed by atoms with E-state index in [2.05, 4.69) is 13.8 Å². The fourth-order valence-electron chi connectivity index (χ4n) is 2.55. The molecule has 2 aliphatic heterocycles. The molecule has 0 aromatic heterocycles. The maximum atomic E-state index is 12.4. The predicted octanol–water partition coefficient (Wildman–Crippen LogP) is 0.753. The van der Waals surface area contributed by atoms with Gasteiger partial charge < -0.3 is 15.4 Å². The second-order valence-corrected chi connectivity index (χ2v) is 5.91. The van der Waals surface area contributed by atoms with Gasteiger partial charge in [-0.2, -0.15) is 0 Å². The Morgan fingerprint density at radius 1 is 1.25 bits per heavy atom. The van der Waals surface area contributed by atoms with Crippen molar-refractivity contribution in [2.75, 3.05) is 26.3 Å². The van der Waals surface area contributed by atoms with Gasteiger partial charge in [0.15, 0.2) is 0 Å². The second kappa shape index (κ2) is 4.00. The average Bonchev–Trinajstić information content (AvgIpc) is 2.59. The zero-order valence-corrected chi connectivity index (χ0v) is 10.3. The summed E-state index contributed by atoms with van der Waals surface area (Å²) in [6.07, 6.45) is 2.39. The maximum absolute atomic E-state index is 12.4. The zero-order chi connectivity index (χ0) is 11.8. The van der Waals surface area contributed by atoms with Crippen LogP contribution in [0.1, 0.15) is 33.1 Å². The van der Waals surface area contributed by atoms with Gasteiger partial charge in [-0.1, -0.05) is 13.8 Å². The molecular formula is C12H22N2O2. The Kier molecular flexibility index (Phi) is 2.97. The van der Waals surface area contributed by atoms with Crippen LogP contribution in [0.4, 0.5) is 0 Å². The smallest absolute Gasteiger partial charge is 0.242 e. The van der Waals surface area contributed by atoms with E-state index in [4.69, 9.17) is 10.5 Å². The van der Waals surface area contributed by atoms with Crippen LogP contribution in [-0.2, 0) is 9.53 Å². The predicted molar refractivity (Wildman–Crippen MR) is 61.9 cm³/mol. The molecule has 0 spiro atoms. The first-order valence-electron chi connectivity index (χ1n) is 6.09. The number of amides is 1. The van der Waals surface area contributed by atoms with Crippen molar-refractivity contribution in [3.8, 4) is 0 Å². The van der Waals surface area contributed by atoms with Gasteiger partial charge in [0.25, 0.3) is 0 Å². The summed E-state index contributed by atoms with van der Waals surface area (Å²) in [6, 6.07) is 0. The molecule has 2 saturated heterocycles. The van der Waals surface area contributed by atoms with E-state index in [1.165, 1.54) is 0 Å². The summed E-state index contributed by atoms with van der Waals surface area (Å²) in [6.45, 7) is 7.32. The highest BCUT2D eigenvalue weighted by Crippen LogP contribution is 2.31. The highest BCUT2D eigenvalue weighted by molar-refractivity contribution is 5.86. The second-order valence-electron chi connectivity index (χ2n) is 5.91. The lowest BCUT2D eigenvalue weighted by Gasteiger charge is -2.35. The summed E-state index contributed by atoms with van der Waals surface area (Å²) in [7, 11) is 0. The van der Waals surface area contributed by atoms with Crippen molar-refractivity contribution < 1.29 is 9.53 Å². The Morgan fingerprint density at radius 2 is 1.88 bits per heavy atom. The number of nitrogens with zero attached hydrogens (tertiary/aromatic N) is 1. The average molecular weight is 226 g/mol. The molecule has 0 bridgehead atoms. The highest BCUT2D eigenvalue weighted by atomic mass is 16.5. The SMILES string of the molecule is CC1(C)CCN(C(=O)C2(N)CCOCC2)C1. The first kappa shape index (κ1) is 11.9. The first-order valence-corrected chi connectivity index (χ1v) is 6.09. The first-order chi connectivity index (χ1) is 7.43. The van der Waals surface area contributed by atoms with Crippen LogP contribution in [0.2, 0.25) is 0 Å². The van der Waals surface area contributed by atoms with Gasteiger partial charge in [0.05, 0.1) is 5.54 Å². The lowest BCUT2D eigenvalue weighted by molar-refractivity contribution is -0.139. The number of likely N-dealkylation sites (tertiary alicyclic amines) is 1. The molecule has 4 nitrogen and oxygen atoms in total. The van der Waals surface area contributed by atoms with E-state index in [0.29, 0.717) is 26.1 Å². The monoisotopic (exact) mass is 226 g/mol. The van der Waals surface area contributed by atoms with E-state index in [0.717, 1.165) is 19.5 Å². The van der Waals surface area contributed by atoms with Gasteiger partial charge >= 0.3 is 0 Å². The van der Waals surface area contributed by atoms with Gasteiger partial charge in [-0.25, -0.2) is 0 Å². The number of carbonyl (C=O) groups is 1. The van der Waals surface area contributed by atoms with Crippen molar-refractivity contribution in [1.82, 2.24) is 4.90 Å². The van der Waals surface area contributed by atoms with Crippen molar-refractivity contribution in [2.45, 2.75) is 38.6 Å². The van der Waals surface area contributed by atoms with Gasteiger partial charge in [-0.15, -0.1) is 0 Å². The van der Waals surface area contributed by atoms with E-state index in [1.54, 1.807) is 0 Å². The number of ether oxygens (including phenoxy) is 1. The minimum absolute atomic E-state index is 0.126. The molecule has 0 aliphatic carbocycles. The summed E-state index contributed by atoms with van der Waals surface area (Å²) in [5, 5.41) is 0. The molecular weight excluding hydrogens is 204 g/mol. The Morgan fingerprint density at radius 3 is 2.38 bits per heavy atom. The lowest BCUT2D eigenvalue weighted by Crippen LogP contribution is -2.57. The third kappa shape index (κ3) is 2.23. The third-order valence-corrected chi connectivity index (χ3v) is 3.78. The Balaban J connectivity index is 2.02. The van der Waals surface area contributed by atoms with Crippen LogP contribution < -0.4 is 5.73 Å². The molecule has 2 heterocycles. The lowest BCUT2D eigenvalue weighted by atomic mass is 9.89. The molecule has 2 aliphatic rings. The van der Waals surface area contributed by atoms with Crippen molar-refractivity contribution in [3.05, 3.63) is 0 Å². The number of hydrogen-bond donors (Lipinski definition) is 1. The van der Waals surface area contributed by atoms with Crippen LogP contribution in [0, 0.1) is 5.41 Å². The van der Waals surface area contributed by atoms with E-state index in [1.807, 2.05) is 4.90 Å². The third-order valence-electron chi connectivity index (χ3n) is 3.78. The number of carbonyl (C=O) groups excluding carboxylic acids is 1. The molecule has 2 N–H and O–H groups in total. The molecule has 16 heavy (non-hydrogen) atoms. The Labute approximate surface area is 97.1 Å². The molecule has 0 aromatic rings. The molecule has 2 fully saturated rings. The largest absolute Gasteiger partial charge is 0.381 e. The quantitative estimate of drug-likeness (QED) is 0.718. The van der Waals surface area contributed by atoms with Crippen LogP contribution in [0.3, 0.4) is 0 Å². The molecule has 0 unspecified atom stereocenters. The van der Waals surface area contributed by atoms with Gasteiger partial charge in [0, 0.05) is 26.3 Å². The summed E-state index contributed by atoms with van der Waals surface area (Å²) in [5.74, 6) is 0.126. The van der Waals surface area contributed by atoms with Crippen LogP contribution in [0.5, 0.6) is 0 Å². The topological polar surface area (TPSA) is 55.6 Å². The molecule has 0 radical (unpaired) electrons. The van der Waals surface area contributed by atoms with E-state index in [-0.39, 0.29) is 11.3 Å². The van der Waals surface area contributed by atoms with Crippen molar-refractivity contribution >= 4 is 5.91 Å². The molecule has 0 atom stereocenters. The minimum Gasteiger partial charge on any atom is -0.381 e. The van der Waals surface area contributed by atoms with E-state index < -0.39 is 5.54 Å². The van der Waals surface area contributed by atoms with Crippen LogP contribution in [0.25, 0.3) is 0 Å². The molecule has 92 valence electrons. The highest BCUT2D eigenvalue weighted by Gasteiger charge is 2.42. The molecule has 0 aromatic carbocycles. The van der Waals surface area contributed by atoms with Gasteiger partial charge in [0.1, 0.15) is 0 Å². The van der Waals surface area contributed by atoms with Crippen LogP contribution >= 0.6 is 0 Å². The standard InChI is InChI=1S/C12H22N2O2/c1-11(2)3-6-14(9-11)10(15)12(13)4-7-16-8-5-12/h3-9,13H2,1-2H3. The summed E-state index contributed by atoms with van der Waals surface area (Å²) in [4.78, 5) is 14.3. The molecule has 0 saturated carbocycles. The molecule has 2 rings (SSSR count). The van der Waals surface area contributed by atoms with Gasteiger partial charge in [-0.3, -0.25) is 4.79 Å². The maximum Gasteiger partial charge on any atom is 0.242 e. The molecule has 1 amide bonds. The zero-order valence-electron chi connectivity index (χ0n) is 10.3. The van der Waals surface area contributed by atoms with E-state index >= 15 is 0 Å². The van der Waals surface area contributed by atoms with E-state index in [9.17, 15) is 4.79 Å². The normalized spacial score (nSPS) is 28.1. The summed E-state index contributed by atoms with van der Waals surface area (Å²) in [5.41, 5.74) is 5.78. The minimum atomic E-state index is -0.668. The summed E-state index contributed by atoms with van der Waals surface area (Å²) < 4.78 is 5.27. The van der Waals surface area contributed by atoms with Gasteiger partial charge in [0.2, 0.25) is 5.91 Å². The number of hydrogen-bond acceptors (Lipinski definition) is 3. The van der Waals surface area contributed by atoms with Crippen molar-refractivity contribution in [1.29, 1.82) is 0 Å². The Hall–Kier alpha value is -0.610. The molecule has 4 heteroatoms. The fraction of sp³-hybridized carbons (Fsp3) is 0.917. The summed E-state index contributed by atoms with van der Waals surface area (Å²) >= 11 is 0. The number of nitrogens with two attached hydrogens (primary N) is 1. The fourth-order valence-corrected chi connectivity index (χ4v) is 2.55. The number of rotatable bonds is 1. The Bertz CT molecular complexity index is 283. The van der Waals surface area contributed by atoms with Crippen molar-refractivity contribution in [3.63, 3.8) is 0 Å². The van der Waals surface area contributed by atoms with Crippen molar-refractivity contribution in [2.24, 2.45) is 11.1 Å². The van der Waals surface area contributed by atoms with Gasteiger partial charge in [-0.05, 0) is 24.7 Å². The van der Waals surface area contributed by atoms with Crippen LogP contribution in [0.15, 0.2) is 0 Å². The van der Waals surface area contributed by atoms with Crippen LogP contribution in [-0.4, -0.2) is 42.6 Å².